The van der Waals surface area contributed by atoms with E-state index in [1.165, 1.54) is 5.82 Å². The van der Waals surface area contributed by atoms with Gasteiger partial charge >= 0.3 is 0 Å². The molecule has 0 aromatic carbocycles. The minimum absolute atomic E-state index is 0.769. The first-order valence-electron chi connectivity index (χ1n) is 7.82. The van der Waals surface area contributed by atoms with Crippen LogP contribution in [0.3, 0.4) is 0 Å². The Balaban J connectivity index is 2.84. The van der Waals surface area contributed by atoms with E-state index in [1.807, 2.05) is 6.33 Å². The van der Waals surface area contributed by atoms with Crippen LogP contribution >= 0.6 is 0 Å². The van der Waals surface area contributed by atoms with Gasteiger partial charge in [-0.3, -0.25) is 0 Å². The average molecular weight is 352 g/mol. The molecule has 8 heteroatoms. The van der Waals surface area contributed by atoms with Gasteiger partial charge < -0.3 is 8.46 Å². The Morgan fingerprint density at radius 3 is 1.82 bits per heavy atom. The third-order valence-corrected chi connectivity index (χ3v) is 12.5. The minimum Gasteiger partial charge on any atom is -0.410 e. The highest BCUT2D eigenvalue weighted by atomic mass is 28.4. The van der Waals surface area contributed by atoms with Crippen LogP contribution in [0.4, 0.5) is 5.82 Å². The number of hydrogen-bond donors (Lipinski definition) is 0. The zero-order chi connectivity index (χ0) is 16.9. The van der Waals surface area contributed by atoms with Crippen LogP contribution in [0.15, 0.2) is 12.7 Å². The van der Waals surface area contributed by atoms with Crippen molar-refractivity contribution < 1.29 is 0 Å². The van der Waals surface area contributed by atoms with Gasteiger partial charge in [0.15, 0.2) is 14.1 Å². The third-order valence-electron chi connectivity index (χ3n) is 3.59. The monoisotopic (exact) mass is 351 g/mol. The maximum absolute atomic E-state index is 4.57. The summed E-state index contributed by atoms with van der Waals surface area (Å²) < 4.78 is 5.15. The van der Waals surface area contributed by atoms with E-state index in [4.69, 9.17) is 0 Å². The maximum Gasteiger partial charge on any atom is 0.184 e. The van der Waals surface area contributed by atoms with Gasteiger partial charge in [-0.05, 0) is 0 Å². The largest absolute Gasteiger partial charge is 0.410 e. The number of imidazole rings is 1. The van der Waals surface area contributed by atoms with Crippen molar-refractivity contribution in [2.45, 2.75) is 58.9 Å². The van der Waals surface area contributed by atoms with Gasteiger partial charge in [-0.15, -0.1) is 0 Å². The molecule has 2 aliphatic rings. The van der Waals surface area contributed by atoms with Crippen molar-refractivity contribution >= 4 is 30.5 Å². The second-order valence-electron chi connectivity index (χ2n) is 8.83. The Morgan fingerprint density at radius 1 is 0.818 bits per heavy atom. The Kier molecular flexibility index (Phi) is 4.16. The molecule has 0 amide bonds. The third kappa shape index (κ3) is 3.18. The highest BCUT2D eigenvalue weighted by Crippen LogP contribution is 2.36. The Hall–Kier alpha value is -0.999. The summed E-state index contributed by atoms with van der Waals surface area (Å²) in [6.07, 6.45) is 3.63. The van der Waals surface area contributed by atoms with Gasteiger partial charge in [0.1, 0.15) is 34.3 Å². The predicted octanol–water partition coefficient (Wildman–Crippen LogP) is 3.94. The summed E-state index contributed by atoms with van der Waals surface area (Å²) in [5.41, 5.74) is 0.967. The average Bonchev–Trinajstić information content (AvgIpc) is 2.71. The molecule has 5 nitrogen and oxygen atoms in total. The van der Waals surface area contributed by atoms with E-state index in [0.29, 0.717) is 0 Å². The van der Waals surface area contributed by atoms with Crippen molar-refractivity contribution in [1.29, 1.82) is 0 Å². The zero-order valence-corrected chi connectivity index (χ0v) is 18.4. The number of hydrogen-bond acceptors (Lipinski definition) is 4. The standard InChI is InChI=1S/C14H29N5Si3/c1-20(2,3)18-11-17-13-12(15-10-16-13)14(18)19(21(4,5)6)22(7,8)9/h10-11H,1-9H3. The van der Waals surface area contributed by atoms with E-state index in [-0.39, 0.29) is 0 Å². The van der Waals surface area contributed by atoms with Crippen molar-refractivity contribution in [2.24, 2.45) is 0 Å². The molecule has 0 aromatic heterocycles. The fourth-order valence-corrected chi connectivity index (χ4v) is 14.3. The summed E-state index contributed by atoms with van der Waals surface area (Å²) in [6, 6.07) is 0. The zero-order valence-electron chi connectivity index (χ0n) is 15.4. The fraction of sp³-hybridized carbons (Fsp3) is 0.643. The number of fused-ring (bicyclic) bond motifs is 1. The Labute approximate surface area is 137 Å². The minimum atomic E-state index is -1.60. The lowest BCUT2D eigenvalue weighted by molar-refractivity contribution is 1.00. The van der Waals surface area contributed by atoms with Gasteiger partial charge in [0.25, 0.3) is 0 Å². The van der Waals surface area contributed by atoms with Crippen molar-refractivity contribution in [3.63, 3.8) is 0 Å². The van der Waals surface area contributed by atoms with Crippen molar-refractivity contribution in [2.75, 3.05) is 4.23 Å². The molecular formula is C14H29N5Si3. The summed E-state index contributed by atoms with van der Waals surface area (Å²) in [7, 11) is -4.73. The summed E-state index contributed by atoms with van der Waals surface area (Å²) >= 11 is 0. The lowest BCUT2D eigenvalue weighted by atomic mass is 10.4. The molecule has 0 fully saturated rings. The maximum atomic E-state index is 4.57. The highest BCUT2D eigenvalue weighted by molar-refractivity contribution is 6.99. The van der Waals surface area contributed by atoms with Crippen LogP contribution in [0.1, 0.15) is 0 Å². The molecule has 0 N–H and O–H groups in total. The van der Waals surface area contributed by atoms with Gasteiger partial charge in [0.05, 0.1) is 6.33 Å². The Bertz CT molecular complexity index is 619. The molecule has 0 saturated heterocycles. The molecule has 0 saturated carbocycles. The molecule has 0 unspecified atom stereocenters. The van der Waals surface area contributed by atoms with Crippen molar-refractivity contribution in [3.05, 3.63) is 12.7 Å². The summed E-state index contributed by atoms with van der Waals surface area (Å²) in [4.78, 5) is 13.4. The first kappa shape index (κ1) is 17.4. The first-order chi connectivity index (χ1) is 9.83. The topological polar surface area (TPSA) is 46.8 Å². The smallest absolute Gasteiger partial charge is 0.184 e. The van der Waals surface area contributed by atoms with Gasteiger partial charge in [-0.25, -0.2) is 15.0 Å². The molecule has 2 aliphatic heterocycles. The summed E-state index contributed by atoms with van der Waals surface area (Å²) in [5, 5.41) is 0. The van der Waals surface area contributed by atoms with Crippen LogP contribution in [0.5, 0.6) is 0 Å². The number of nitrogens with zero attached hydrogens (tertiary/aromatic N) is 5. The first-order valence-corrected chi connectivity index (χ1v) is 18.2. The van der Waals surface area contributed by atoms with E-state index in [2.05, 4.69) is 82.3 Å². The molecule has 2 rings (SSSR count). The number of rotatable bonds is 4. The highest BCUT2D eigenvalue weighted by Gasteiger charge is 2.40. The van der Waals surface area contributed by atoms with Crippen LogP contribution in [0.25, 0.3) is 11.5 Å². The lowest BCUT2D eigenvalue weighted by Crippen LogP contribution is -2.61. The van der Waals surface area contributed by atoms with Crippen LogP contribution in [0, 0.1) is 0 Å². The van der Waals surface area contributed by atoms with E-state index in [0.717, 1.165) is 11.5 Å². The van der Waals surface area contributed by atoms with Crippen LogP contribution < -0.4 is 4.23 Å². The van der Waals surface area contributed by atoms with Crippen molar-refractivity contribution in [1.82, 2.24) is 19.2 Å². The van der Waals surface area contributed by atoms with Gasteiger partial charge in [-0.1, -0.05) is 58.9 Å². The summed E-state index contributed by atoms with van der Waals surface area (Å²) in [5.74, 6) is 2.03. The summed E-state index contributed by atoms with van der Waals surface area (Å²) in [6.45, 7) is 21.6. The molecular weight excluding hydrogens is 322 g/mol. The Morgan fingerprint density at radius 2 is 1.36 bits per heavy atom. The van der Waals surface area contributed by atoms with Gasteiger partial charge in [0, 0.05) is 0 Å². The van der Waals surface area contributed by atoms with E-state index in [9.17, 15) is 0 Å². The molecule has 0 aliphatic carbocycles. The molecule has 0 aromatic rings. The molecule has 2 heterocycles. The SMILES string of the molecule is C[Si](C)(C)N(c1c2ncnc-2ncn1[Si](C)(C)C)[Si](C)(C)C. The molecule has 122 valence electrons. The quantitative estimate of drug-likeness (QED) is 0.783. The van der Waals surface area contributed by atoms with E-state index >= 15 is 0 Å². The molecule has 0 atom stereocenters. The van der Waals surface area contributed by atoms with Gasteiger partial charge in [0.2, 0.25) is 0 Å². The van der Waals surface area contributed by atoms with Gasteiger partial charge in [-0.2, -0.15) is 0 Å². The van der Waals surface area contributed by atoms with E-state index < -0.39 is 24.7 Å². The second-order valence-corrected chi connectivity index (χ2v) is 23.7. The number of anilines is 1. The molecule has 0 bridgehead atoms. The molecule has 22 heavy (non-hydrogen) atoms. The van der Waals surface area contributed by atoms with Crippen LogP contribution in [-0.2, 0) is 0 Å². The second kappa shape index (κ2) is 5.27. The normalized spacial score (nSPS) is 13.7. The number of aromatic nitrogens is 4. The fourth-order valence-electron chi connectivity index (χ4n) is 3.14. The molecule has 0 spiro atoms. The van der Waals surface area contributed by atoms with Crippen LogP contribution in [0.2, 0.25) is 58.9 Å². The predicted molar refractivity (Wildman–Crippen MR) is 102 cm³/mol. The van der Waals surface area contributed by atoms with Crippen molar-refractivity contribution in [3.8, 4) is 11.5 Å². The molecule has 0 radical (unpaired) electrons. The lowest BCUT2D eigenvalue weighted by Gasteiger charge is -2.48. The van der Waals surface area contributed by atoms with E-state index in [1.54, 1.807) is 6.33 Å². The van der Waals surface area contributed by atoms with Crippen LogP contribution in [-0.4, -0.2) is 43.9 Å².